The van der Waals surface area contributed by atoms with Crippen LogP contribution >= 0.6 is 24.0 Å². The highest BCUT2D eigenvalue weighted by atomic mass is 35.5. The van der Waals surface area contributed by atoms with Crippen LogP contribution in [0.15, 0.2) is 48.5 Å². The number of likely N-dealkylation sites (N-methyl/N-ethyl adjacent to an activating group) is 1. The first-order valence-corrected chi connectivity index (χ1v) is 8.01. The first kappa shape index (κ1) is 18.1. The average molecular weight is 353 g/mol. The molecule has 0 saturated heterocycles. The molecule has 0 unspecified atom stereocenters. The summed E-state index contributed by atoms with van der Waals surface area (Å²) in [6.07, 6.45) is 0.486. The van der Waals surface area contributed by atoms with E-state index in [2.05, 4.69) is 28.4 Å². The van der Waals surface area contributed by atoms with Crippen molar-refractivity contribution in [2.75, 3.05) is 25.0 Å². The molecular formula is C18H22Cl2N2O. The van der Waals surface area contributed by atoms with Crippen molar-refractivity contribution in [3.8, 4) is 0 Å². The van der Waals surface area contributed by atoms with Crippen LogP contribution in [0.5, 0.6) is 0 Å². The van der Waals surface area contributed by atoms with E-state index in [1.165, 1.54) is 11.3 Å². The zero-order valence-corrected chi connectivity index (χ0v) is 14.6. The topological polar surface area (TPSA) is 35.5 Å². The Balaban J connectivity index is 0.00000192. The molecule has 0 spiro atoms. The van der Waals surface area contributed by atoms with Gasteiger partial charge in [0.25, 0.3) is 0 Å². The van der Waals surface area contributed by atoms with E-state index in [1.807, 2.05) is 37.4 Å². The van der Waals surface area contributed by atoms with Gasteiger partial charge in [0, 0.05) is 23.8 Å². The Morgan fingerprint density at radius 1 is 1.22 bits per heavy atom. The third-order valence-electron chi connectivity index (χ3n) is 4.23. The van der Waals surface area contributed by atoms with Crippen molar-refractivity contribution in [3.63, 3.8) is 0 Å². The van der Waals surface area contributed by atoms with Crippen LogP contribution < -0.4 is 10.2 Å². The smallest absolute Gasteiger partial charge is 0.0909 e. The highest BCUT2D eigenvalue weighted by Gasteiger charge is 2.31. The van der Waals surface area contributed by atoms with Gasteiger partial charge in [0.2, 0.25) is 0 Å². The standard InChI is InChI=1S/C18H21ClN2O.ClH/c1-20-12-17(22)18(13-5-3-2-4-6-13)21-10-9-14-11-15(19)7-8-16(14)21;/h2-8,11,17-18,20,22H,9-10,12H2,1H3;1H/t17-,18+;/m1./s1. The van der Waals surface area contributed by atoms with Gasteiger partial charge in [-0.05, 0) is 42.8 Å². The number of aliphatic hydroxyl groups is 1. The van der Waals surface area contributed by atoms with Gasteiger partial charge in [0.15, 0.2) is 0 Å². The second-order valence-electron chi connectivity index (χ2n) is 5.70. The number of nitrogens with zero attached hydrogens (tertiary/aromatic N) is 1. The lowest BCUT2D eigenvalue weighted by molar-refractivity contribution is 0.141. The molecule has 0 radical (unpaired) electrons. The molecule has 0 fully saturated rings. The Hall–Kier alpha value is -1.26. The molecule has 0 amide bonds. The average Bonchev–Trinajstić information content (AvgIpc) is 2.92. The summed E-state index contributed by atoms with van der Waals surface area (Å²) in [4.78, 5) is 2.29. The van der Waals surface area contributed by atoms with Gasteiger partial charge in [-0.3, -0.25) is 0 Å². The molecule has 2 N–H and O–H groups in total. The maximum absolute atomic E-state index is 10.7. The Morgan fingerprint density at radius 2 is 1.96 bits per heavy atom. The number of halogens is 2. The van der Waals surface area contributed by atoms with E-state index in [4.69, 9.17) is 11.6 Å². The number of rotatable bonds is 5. The summed E-state index contributed by atoms with van der Waals surface area (Å²) in [6.45, 7) is 1.45. The fourth-order valence-corrected chi connectivity index (χ4v) is 3.46. The van der Waals surface area contributed by atoms with Crippen LogP contribution in [0.3, 0.4) is 0 Å². The van der Waals surface area contributed by atoms with E-state index >= 15 is 0 Å². The second kappa shape index (κ2) is 8.02. The molecule has 2 aromatic rings. The summed E-state index contributed by atoms with van der Waals surface area (Å²) < 4.78 is 0. The fraction of sp³-hybridized carbons (Fsp3) is 0.333. The molecule has 1 heterocycles. The second-order valence-corrected chi connectivity index (χ2v) is 6.13. The molecular weight excluding hydrogens is 331 g/mol. The number of aliphatic hydroxyl groups excluding tert-OH is 1. The van der Waals surface area contributed by atoms with Gasteiger partial charge in [-0.2, -0.15) is 0 Å². The van der Waals surface area contributed by atoms with Crippen molar-refractivity contribution in [2.24, 2.45) is 0 Å². The molecule has 23 heavy (non-hydrogen) atoms. The highest BCUT2D eigenvalue weighted by Crippen LogP contribution is 2.37. The molecule has 2 atom stereocenters. The van der Waals surface area contributed by atoms with Crippen LogP contribution in [-0.4, -0.2) is 31.3 Å². The van der Waals surface area contributed by atoms with Crippen molar-refractivity contribution >= 4 is 29.7 Å². The minimum absolute atomic E-state index is 0. The lowest BCUT2D eigenvalue weighted by Gasteiger charge is -2.34. The number of fused-ring (bicyclic) bond motifs is 1. The lowest BCUT2D eigenvalue weighted by Crippen LogP contribution is -2.40. The van der Waals surface area contributed by atoms with Crippen molar-refractivity contribution in [2.45, 2.75) is 18.6 Å². The van der Waals surface area contributed by atoms with Crippen LogP contribution in [0.4, 0.5) is 5.69 Å². The molecule has 0 aromatic heterocycles. The lowest BCUT2D eigenvalue weighted by atomic mass is 9.99. The Labute approximate surface area is 148 Å². The molecule has 0 aliphatic carbocycles. The van der Waals surface area contributed by atoms with Crippen molar-refractivity contribution < 1.29 is 5.11 Å². The van der Waals surface area contributed by atoms with Crippen LogP contribution in [0.1, 0.15) is 17.2 Å². The van der Waals surface area contributed by atoms with Crippen LogP contribution in [0, 0.1) is 0 Å². The predicted octanol–water partition coefficient (Wildman–Crippen LogP) is 3.45. The maximum Gasteiger partial charge on any atom is 0.0909 e. The van der Waals surface area contributed by atoms with Crippen LogP contribution in [-0.2, 0) is 6.42 Å². The van der Waals surface area contributed by atoms with Crippen LogP contribution in [0.25, 0.3) is 0 Å². The highest BCUT2D eigenvalue weighted by molar-refractivity contribution is 6.30. The minimum atomic E-state index is -0.478. The van der Waals surface area contributed by atoms with Gasteiger partial charge >= 0.3 is 0 Å². The third kappa shape index (κ3) is 3.81. The third-order valence-corrected chi connectivity index (χ3v) is 4.46. The van der Waals surface area contributed by atoms with E-state index in [-0.39, 0.29) is 18.4 Å². The maximum atomic E-state index is 10.7. The molecule has 0 saturated carbocycles. The number of anilines is 1. The molecule has 0 bridgehead atoms. The Kier molecular flexibility index (Phi) is 6.31. The molecule has 1 aliphatic rings. The zero-order chi connectivity index (χ0) is 15.5. The van der Waals surface area contributed by atoms with Crippen molar-refractivity contribution in [3.05, 3.63) is 64.7 Å². The normalized spacial score (nSPS) is 15.7. The summed E-state index contributed by atoms with van der Waals surface area (Å²) in [5.74, 6) is 0. The molecule has 1 aliphatic heterocycles. The van der Waals surface area contributed by atoms with Gasteiger partial charge in [0.1, 0.15) is 0 Å². The molecule has 3 rings (SSSR count). The molecule has 124 valence electrons. The molecule has 2 aromatic carbocycles. The number of hydrogen-bond donors (Lipinski definition) is 2. The summed E-state index contributed by atoms with van der Waals surface area (Å²) in [7, 11) is 1.86. The van der Waals surface area contributed by atoms with Crippen molar-refractivity contribution in [1.29, 1.82) is 0 Å². The number of hydrogen-bond acceptors (Lipinski definition) is 3. The number of nitrogens with one attached hydrogen (secondary N) is 1. The van der Waals surface area contributed by atoms with E-state index in [1.54, 1.807) is 0 Å². The van der Waals surface area contributed by atoms with Crippen LogP contribution in [0.2, 0.25) is 5.02 Å². The number of benzene rings is 2. The first-order chi connectivity index (χ1) is 10.7. The zero-order valence-electron chi connectivity index (χ0n) is 13.1. The summed E-state index contributed by atoms with van der Waals surface area (Å²) in [5.41, 5.74) is 3.56. The fourth-order valence-electron chi connectivity index (χ4n) is 3.27. The quantitative estimate of drug-likeness (QED) is 0.864. The predicted molar refractivity (Wildman–Crippen MR) is 98.9 cm³/mol. The largest absolute Gasteiger partial charge is 0.389 e. The van der Waals surface area contributed by atoms with E-state index in [9.17, 15) is 5.11 Å². The van der Waals surface area contributed by atoms with E-state index < -0.39 is 6.10 Å². The Morgan fingerprint density at radius 3 is 2.65 bits per heavy atom. The summed E-state index contributed by atoms with van der Waals surface area (Å²) in [6, 6.07) is 16.2. The van der Waals surface area contributed by atoms with Gasteiger partial charge < -0.3 is 15.3 Å². The molecule has 5 heteroatoms. The minimum Gasteiger partial charge on any atom is -0.389 e. The van der Waals surface area contributed by atoms with Gasteiger partial charge in [-0.15, -0.1) is 12.4 Å². The summed E-state index contributed by atoms with van der Waals surface area (Å²) >= 11 is 6.10. The monoisotopic (exact) mass is 352 g/mol. The molecule has 3 nitrogen and oxygen atoms in total. The van der Waals surface area contributed by atoms with Gasteiger partial charge in [0.05, 0.1) is 12.1 Å². The van der Waals surface area contributed by atoms with Gasteiger partial charge in [-0.25, -0.2) is 0 Å². The van der Waals surface area contributed by atoms with E-state index in [0.29, 0.717) is 6.54 Å². The Bertz CT molecular complexity index is 636. The first-order valence-electron chi connectivity index (χ1n) is 7.63. The van der Waals surface area contributed by atoms with E-state index in [0.717, 1.165) is 23.6 Å². The van der Waals surface area contributed by atoms with Gasteiger partial charge in [-0.1, -0.05) is 41.9 Å². The van der Waals surface area contributed by atoms with Crippen molar-refractivity contribution in [1.82, 2.24) is 5.32 Å². The summed E-state index contributed by atoms with van der Waals surface area (Å²) in [5, 5.41) is 14.5. The SMILES string of the molecule is CNC[C@@H](O)[C@H](c1ccccc1)N1CCc2cc(Cl)ccc21.Cl.